The maximum absolute atomic E-state index is 14.7. The number of rotatable bonds is 6. The first-order valence-electron chi connectivity index (χ1n) is 11.3. The van der Waals surface area contributed by atoms with Crippen LogP contribution in [0, 0.1) is 0 Å². The number of Topliss-reactive ketones (excluding diaryl/α,β-unsaturated/α-hetero) is 2. The van der Waals surface area contributed by atoms with Crippen molar-refractivity contribution in [3.63, 3.8) is 0 Å². The Morgan fingerprint density at radius 1 is 1.12 bits per heavy atom. The lowest BCUT2D eigenvalue weighted by molar-refractivity contribution is -0.147. The summed E-state index contributed by atoms with van der Waals surface area (Å²) in [5.41, 5.74) is 2.20. The number of halogens is 2. The van der Waals surface area contributed by atoms with Crippen LogP contribution in [0.3, 0.4) is 0 Å². The predicted molar refractivity (Wildman–Crippen MR) is 120 cm³/mol. The van der Waals surface area contributed by atoms with Gasteiger partial charge in [0.05, 0.1) is 12.5 Å². The van der Waals surface area contributed by atoms with Crippen molar-refractivity contribution in [2.75, 3.05) is 0 Å². The van der Waals surface area contributed by atoms with Crippen LogP contribution in [0.4, 0.5) is 8.78 Å². The van der Waals surface area contributed by atoms with Gasteiger partial charge >= 0.3 is 5.92 Å². The number of ketones is 2. The van der Waals surface area contributed by atoms with Crippen molar-refractivity contribution in [1.29, 1.82) is 0 Å². The zero-order valence-electron chi connectivity index (χ0n) is 19.1. The normalized spacial score (nSPS) is 18.4. The van der Waals surface area contributed by atoms with E-state index in [4.69, 9.17) is 0 Å². The molecule has 0 spiro atoms. The molecule has 1 saturated carbocycles. The van der Waals surface area contributed by atoms with E-state index in [2.05, 4.69) is 5.32 Å². The molecule has 2 amide bonds. The van der Waals surface area contributed by atoms with E-state index in [0.29, 0.717) is 23.1 Å². The van der Waals surface area contributed by atoms with E-state index in [0.717, 1.165) is 5.56 Å². The van der Waals surface area contributed by atoms with Gasteiger partial charge in [0.25, 0.3) is 11.8 Å². The Morgan fingerprint density at radius 2 is 1.82 bits per heavy atom. The number of hydrogen-bond donors (Lipinski definition) is 1. The molecule has 6 nitrogen and oxygen atoms in total. The van der Waals surface area contributed by atoms with Crippen molar-refractivity contribution in [3.05, 3.63) is 70.3 Å². The third kappa shape index (κ3) is 4.49. The summed E-state index contributed by atoms with van der Waals surface area (Å²) < 4.78 is 29.3. The first-order chi connectivity index (χ1) is 16.1. The number of fused-ring (bicyclic) bond motifs is 1. The molecule has 1 atom stereocenters. The van der Waals surface area contributed by atoms with E-state index < -0.39 is 17.9 Å². The number of nitrogens with one attached hydrogen (secondary N) is 1. The topological polar surface area (TPSA) is 83.6 Å². The Labute approximate surface area is 196 Å². The second-order valence-electron chi connectivity index (χ2n) is 9.19. The largest absolute Gasteiger partial charge is 0.349 e. The average molecular weight is 469 g/mol. The maximum atomic E-state index is 14.7. The van der Waals surface area contributed by atoms with Crippen molar-refractivity contribution in [3.8, 4) is 0 Å². The van der Waals surface area contributed by atoms with Crippen LogP contribution in [0.25, 0.3) is 0 Å². The highest BCUT2D eigenvalue weighted by Gasteiger charge is 2.41. The quantitative estimate of drug-likeness (QED) is 0.653. The summed E-state index contributed by atoms with van der Waals surface area (Å²) in [6, 6.07) is 9.97. The van der Waals surface area contributed by atoms with Crippen LogP contribution >= 0.6 is 0 Å². The van der Waals surface area contributed by atoms with Gasteiger partial charge in [0, 0.05) is 30.6 Å². The highest BCUT2D eigenvalue weighted by molar-refractivity contribution is 6.07. The Morgan fingerprint density at radius 3 is 2.47 bits per heavy atom. The van der Waals surface area contributed by atoms with Crippen molar-refractivity contribution >= 4 is 23.4 Å². The van der Waals surface area contributed by atoms with E-state index >= 15 is 0 Å². The number of hydrogen-bond acceptors (Lipinski definition) is 4. The van der Waals surface area contributed by atoms with Crippen LogP contribution in [0.1, 0.15) is 71.6 Å². The molecule has 1 fully saturated rings. The molecule has 178 valence electrons. The predicted octanol–water partition coefficient (Wildman–Crippen LogP) is 3.86. The molecule has 1 aliphatic heterocycles. The Bertz CT molecular complexity index is 1160. The molecule has 2 aromatic rings. The summed E-state index contributed by atoms with van der Waals surface area (Å²) in [5, 5.41) is 2.28. The van der Waals surface area contributed by atoms with Gasteiger partial charge in [0.2, 0.25) is 0 Å². The average Bonchev–Trinajstić information content (AvgIpc) is 3.13. The van der Waals surface area contributed by atoms with Crippen LogP contribution in [0.2, 0.25) is 0 Å². The lowest BCUT2D eigenvalue weighted by Gasteiger charge is -2.29. The van der Waals surface area contributed by atoms with Crippen molar-refractivity contribution in [2.24, 2.45) is 0 Å². The highest BCUT2D eigenvalue weighted by atomic mass is 19.3. The highest BCUT2D eigenvalue weighted by Crippen LogP contribution is 2.31. The standard InChI is InChI=1S/C26H26F2N2O4/c1-15(2)17-4-6-19(7-5-17)26(27,28)25(34)29-13-16-3-9-21-18(11-16)14-30(24(21)33)22-10-8-20(31)12-23(22)32/h3-7,9,11,15,22H,8,10,12-14H2,1-2H3,(H,29,34). The van der Waals surface area contributed by atoms with Crippen LogP contribution in [-0.2, 0) is 33.4 Å². The van der Waals surface area contributed by atoms with E-state index in [-0.39, 0.29) is 54.9 Å². The fourth-order valence-corrected chi connectivity index (χ4v) is 4.45. The lowest BCUT2D eigenvalue weighted by Crippen LogP contribution is -2.44. The van der Waals surface area contributed by atoms with E-state index in [1.165, 1.54) is 17.0 Å². The Balaban J connectivity index is 1.42. The van der Waals surface area contributed by atoms with Gasteiger partial charge < -0.3 is 10.2 Å². The van der Waals surface area contributed by atoms with Crippen molar-refractivity contribution < 1.29 is 28.0 Å². The van der Waals surface area contributed by atoms with Gasteiger partial charge in [-0.25, -0.2) is 0 Å². The van der Waals surface area contributed by atoms with Gasteiger partial charge in [0.1, 0.15) is 5.78 Å². The number of carbonyl (C=O) groups is 4. The second-order valence-corrected chi connectivity index (χ2v) is 9.19. The van der Waals surface area contributed by atoms with Gasteiger partial charge in [-0.1, -0.05) is 50.2 Å². The van der Waals surface area contributed by atoms with Gasteiger partial charge in [-0.15, -0.1) is 0 Å². The molecule has 2 aliphatic rings. The maximum Gasteiger partial charge on any atom is 0.349 e. The summed E-state index contributed by atoms with van der Waals surface area (Å²) in [5.74, 6) is -5.55. The van der Waals surface area contributed by atoms with Gasteiger partial charge in [-0.2, -0.15) is 8.78 Å². The molecule has 1 heterocycles. The zero-order valence-corrected chi connectivity index (χ0v) is 19.1. The first kappa shape index (κ1) is 23.7. The van der Waals surface area contributed by atoms with Crippen LogP contribution in [0.5, 0.6) is 0 Å². The molecule has 8 heteroatoms. The molecule has 0 bridgehead atoms. The molecule has 1 N–H and O–H groups in total. The molecule has 1 unspecified atom stereocenters. The summed E-state index contributed by atoms with van der Waals surface area (Å²) in [7, 11) is 0. The molecule has 0 aromatic heterocycles. The number of benzene rings is 2. The monoisotopic (exact) mass is 468 g/mol. The number of alkyl halides is 2. The smallest absolute Gasteiger partial charge is 0.346 e. The Kier molecular flexibility index (Phi) is 6.34. The molecular formula is C26H26F2N2O4. The number of nitrogens with zero attached hydrogens (tertiary/aromatic N) is 1. The van der Waals surface area contributed by atoms with E-state index in [1.807, 2.05) is 13.8 Å². The van der Waals surface area contributed by atoms with Gasteiger partial charge in [-0.3, -0.25) is 19.2 Å². The first-order valence-corrected chi connectivity index (χ1v) is 11.3. The molecule has 1 aliphatic carbocycles. The zero-order chi connectivity index (χ0) is 24.6. The minimum absolute atomic E-state index is 0.115. The molecular weight excluding hydrogens is 442 g/mol. The minimum Gasteiger partial charge on any atom is -0.346 e. The third-order valence-electron chi connectivity index (χ3n) is 6.50. The van der Waals surface area contributed by atoms with Gasteiger partial charge in [0.15, 0.2) is 5.78 Å². The SMILES string of the molecule is CC(C)c1ccc(C(F)(F)C(=O)NCc2ccc3c(c2)CN(C2CCC(=O)CC2=O)C3=O)cc1. The lowest BCUT2D eigenvalue weighted by atomic mass is 9.92. The second kappa shape index (κ2) is 9.08. The summed E-state index contributed by atoms with van der Waals surface area (Å²) in [6.07, 6.45) is 0.423. The minimum atomic E-state index is -3.68. The Hall–Kier alpha value is -3.42. The van der Waals surface area contributed by atoms with Crippen LogP contribution in [-0.4, -0.2) is 34.3 Å². The molecule has 2 aromatic carbocycles. The fraction of sp³-hybridized carbons (Fsp3) is 0.385. The third-order valence-corrected chi connectivity index (χ3v) is 6.50. The molecule has 34 heavy (non-hydrogen) atoms. The summed E-state index contributed by atoms with van der Waals surface area (Å²) in [6.45, 7) is 3.99. The number of amides is 2. The van der Waals surface area contributed by atoms with Crippen LogP contribution < -0.4 is 5.32 Å². The van der Waals surface area contributed by atoms with Crippen LogP contribution in [0.15, 0.2) is 42.5 Å². The molecule has 0 saturated heterocycles. The van der Waals surface area contributed by atoms with Crippen molar-refractivity contribution in [2.45, 2.75) is 64.1 Å². The fourth-order valence-electron chi connectivity index (χ4n) is 4.45. The van der Waals surface area contributed by atoms with E-state index in [1.54, 1.807) is 30.3 Å². The van der Waals surface area contributed by atoms with Gasteiger partial charge in [-0.05, 0) is 35.1 Å². The summed E-state index contributed by atoms with van der Waals surface area (Å²) in [4.78, 5) is 50.3. The summed E-state index contributed by atoms with van der Waals surface area (Å²) >= 11 is 0. The van der Waals surface area contributed by atoms with Crippen molar-refractivity contribution in [1.82, 2.24) is 10.2 Å². The number of carbonyl (C=O) groups excluding carboxylic acids is 4. The molecule has 4 rings (SSSR count). The molecule has 0 radical (unpaired) electrons. The van der Waals surface area contributed by atoms with E-state index in [9.17, 15) is 28.0 Å².